The average Bonchev–Trinajstić information content (AvgIpc) is 2.39. The molecule has 0 aromatic heterocycles. The van der Waals surface area contributed by atoms with Gasteiger partial charge in [0.1, 0.15) is 0 Å². The summed E-state index contributed by atoms with van der Waals surface area (Å²) in [7, 11) is -0.457. The van der Waals surface area contributed by atoms with E-state index in [1.165, 1.54) is 0 Å². The average molecular weight is 254 g/mol. The molecule has 1 aliphatic carbocycles. The second kappa shape index (κ2) is 6.54. The molecule has 0 aromatic rings. The lowest BCUT2D eigenvalue weighted by atomic mass is 9.80. The summed E-state index contributed by atoms with van der Waals surface area (Å²) in [6.45, 7) is 4.57. The Morgan fingerprint density at radius 2 is 1.89 bits per heavy atom. The first-order valence-corrected chi connectivity index (χ1v) is 6.97. The van der Waals surface area contributed by atoms with Crippen LogP contribution < -0.4 is 5.23 Å². The monoisotopic (exact) mass is 254 g/mol. The number of ether oxygens (including phenoxy) is 1. The molecule has 0 spiro atoms. The van der Waals surface area contributed by atoms with Crippen LogP contribution in [-0.4, -0.2) is 55.2 Å². The molecule has 5 nitrogen and oxygen atoms in total. The number of nitrogens with zero attached hydrogens (tertiary/aromatic N) is 1. The van der Waals surface area contributed by atoms with E-state index < -0.39 is 7.05 Å². The fraction of sp³-hybridized carbons (Fsp3) is 0.917. The van der Waals surface area contributed by atoms with Gasteiger partial charge in [0.2, 0.25) is 5.91 Å². The molecule has 2 aliphatic rings. The number of morpholine rings is 1. The summed E-state index contributed by atoms with van der Waals surface area (Å²) in [5, 5.41) is 12.4. The van der Waals surface area contributed by atoms with Crippen LogP contribution in [0.5, 0.6) is 0 Å². The van der Waals surface area contributed by atoms with Crippen LogP contribution in [0.3, 0.4) is 0 Å². The van der Waals surface area contributed by atoms with Gasteiger partial charge in [-0.05, 0) is 38.5 Å². The maximum absolute atomic E-state index is 12.3. The molecule has 2 N–H and O–H groups in total. The van der Waals surface area contributed by atoms with Crippen molar-refractivity contribution in [3.63, 3.8) is 0 Å². The zero-order valence-corrected chi connectivity index (χ0v) is 11.1. The molecule has 102 valence electrons. The molecule has 1 saturated heterocycles. The highest BCUT2D eigenvalue weighted by Gasteiger charge is 2.30. The van der Waals surface area contributed by atoms with E-state index in [-0.39, 0.29) is 5.92 Å². The third-order valence-corrected chi connectivity index (χ3v) is 3.88. The molecule has 6 heteroatoms. The topological polar surface area (TPSA) is 61.8 Å². The van der Waals surface area contributed by atoms with Crippen molar-refractivity contribution in [2.45, 2.75) is 38.5 Å². The van der Waals surface area contributed by atoms with Crippen molar-refractivity contribution in [3.05, 3.63) is 0 Å². The van der Waals surface area contributed by atoms with Crippen LogP contribution in [0.1, 0.15) is 25.7 Å². The standard InChI is InChI=1S/C12H23BN2O3/c1-13(17)14-11-4-2-10(3-5-11)12(16)15-6-8-18-9-7-15/h10-11,14,17H,2-9H2,1H3/t10-,11-. The largest absolute Gasteiger partial charge is 0.437 e. The van der Waals surface area contributed by atoms with Crippen LogP contribution in [0.25, 0.3) is 0 Å². The number of hydrogen-bond donors (Lipinski definition) is 2. The fourth-order valence-electron chi connectivity index (χ4n) is 2.89. The highest BCUT2D eigenvalue weighted by molar-refractivity contribution is 6.45. The van der Waals surface area contributed by atoms with E-state index in [4.69, 9.17) is 4.74 Å². The smallest absolute Gasteiger partial charge is 0.373 e. The second-order valence-electron chi connectivity index (χ2n) is 5.33. The van der Waals surface area contributed by atoms with Crippen LogP contribution >= 0.6 is 0 Å². The van der Waals surface area contributed by atoms with Crippen LogP contribution in [0.4, 0.5) is 0 Å². The Balaban J connectivity index is 1.76. The van der Waals surface area contributed by atoms with Gasteiger partial charge in [-0.25, -0.2) is 0 Å². The summed E-state index contributed by atoms with van der Waals surface area (Å²) in [6.07, 6.45) is 3.82. The molecule has 0 aromatic carbocycles. The van der Waals surface area contributed by atoms with Gasteiger partial charge in [0.25, 0.3) is 0 Å². The number of rotatable bonds is 3. The van der Waals surface area contributed by atoms with Crippen molar-refractivity contribution < 1.29 is 14.6 Å². The lowest BCUT2D eigenvalue weighted by Crippen LogP contribution is -2.47. The summed E-state index contributed by atoms with van der Waals surface area (Å²) in [4.78, 5) is 14.2. The van der Waals surface area contributed by atoms with Gasteiger partial charge in [-0.3, -0.25) is 4.79 Å². The Morgan fingerprint density at radius 3 is 2.44 bits per heavy atom. The van der Waals surface area contributed by atoms with Crippen molar-refractivity contribution in [2.75, 3.05) is 26.3 Å². The summed E-state index contributed by atoms with van der Waals surface area (Å²) in [5.41, 5.74) is 0. The third kappa shape index (κ3) is 3.70. The van der Waals surface area contributed by atoms with Gasteiger partial charge in [0.15, 0.2) is 0 Å². The van der Waals surface area contributed by atoms with E-state index in [9.17, 15) is 9.82 Å². The molecule has 0 unspecified atom stereocenters. The molecule has 2 rings (SSSR count). The molecule has 0 bridgehead atoms. The summed E-state index contributed by atoms with van der Waals surface area (Å²) in [5.74, 6) is 0.476. The highest BCUT2D eigenvalue weighted by Crippen LogP contribution is 2.26. The predicted octanol–water partition coefficient (Wildman–Crippen LogP) is 0.104. The minimum absolute atomic E-state index is 0.176. The van der Waals surface area contributed by atoms with Crippen molar-refractivity contribution in [1.29, 1.82) is 0 Å². The van der Waals surface area contributed by atoms with E-state index in [1.54, 1.807) is 6.82 Å². The van der Waals surface area contributed by atoms with E-state index in [1.807, 2.05) is 4.90 Å². The van der Waals surface area contributed by atoms with Crippen molar-refractivity contribution in [3.8, 4) is 0 Å². The Labute approximate surface area is 109 Å². The van der Waals surface area contributed by atoms with E-state index >= 15 is 0 Å². The fourth-order valence-corrected chi connectivity index (χ4v) is 2.89. The Kier molecular flexibility index (Phi) is 5.03. The van der Waals surface area contributed by atoms with Crippen LogP contribution in [-0.2, 0) is 9.53 Å². The summed E-state index contributed by atoms with van der Waals surface area (Å²) in [6, 6.07) is 0.360. The van der Waals surface area contributed by atoms with E-state index in [0.717, 1.165) is 38.8 Å². The van der Waals surface area contributed by atoms with Crippen molar-refractivity contribution in [1.82, 2.24) is 10.1 Å². The van der Waals surface area contributed by atoms with Crippen LogP contribution in [0.2, 0.25) is 6.82 Å². The molecule has 1 heterocycles. The minimum atomic E-state index is -0.457. The first-order valence-electron chi connectivity index (χ1n) is 6.97. The quantitative estimate of drug-likeness (QED) is 0.701. The van der Waals surface area contributed by atoms with Gasteiger partial charge in [0.05, 0.1) is 13.2 Å². The maximum Gasteiger partial charge on any atom is 0.373 e. The highest BCUT2D eigenvalue weighted by atomic mass is 16.5. The third-order valence-electron chi connectivity index (χ3n) is 3.88. The SMILES string of the molecule is CB(O)N[C@H]1CC[C@H](C(=O)N2CCOCC2)CC1. The lowest BCUT2D eigenvalue weighted by molar-refractivity contribution is -0.140. The molecular formula is C12H23BN2O3. The molecule has 18 heavy (non-hydrogen) atoms. The molecule has 2 fully saturated rings. The number of carbonyl (C=O) groups excluding carboxylic acids is 1. The predicted molar refractivity (Wildman–Crippen MR) is 70.1 cm³/mol. The second-order valence-corrected chi connectivity index (χ2v) is 5.33. The van der Waals surface area contributed by atoms with Crippen molar-refractivity contribution >= 4 is 13.0 Å². The maximum atomic E-state index is 12.3. The molecular weight excluding hydrogens is 231 g/mol. The number of carbonyl (C=O) groups is 1. The number of hydrogen-bond acceptors (Lipinski definition) is 4. The Hall–Kier alpha value is -0.585. The van der Waals surface area contributed by atoms with Gasteiger partial charge in [-0.2, -0.15) is 0 Å². The van der Waals surface area contributed by atoms with E-state index in [2.05, 4.69) is 5.23 Å². The zero-order chi connectivity index (χ0) is 13.0. The first kappa shape index (κ1) is 13.8. The van der Waals surface area contributed by atoms with Gasteiger partial charge in [-0.1, -0.05) is 0 Å². The van der Waals surface area contributed by atoms with Crippen molar-refractivity contribution in [2.24, 2.45) is 5.92 Å². The van der Waals surface area contributed by atoms with Crippen LogP contribution in [0, 0.1) is 5.92 Å². The normalized spacial score (nSPS) is 29.1. The molecule has 1 amide bonds. The molecule has 0 atom stereocenters. The summed E-state index contributed by atoms with van der Waals surface area (Å²) >= 11 is 0. The molecule has 0 radical (unpaired) electrons. The number of nitrogens with one attached hydrogen (secondary N) is 1. The zero-order valence-electron chi connectivity index (χ0n) is 11.1. The summed E-state index contributed by atoms with van der Waals surface area (Å²) < 4.78 is 5.27. The van der Waals surface area contributed by atoms with Crippen LogP contribution in [0.15, 0.2) is 0 Å². The number of amides is 1. The lowest BCUT2D eigenvalue weighted by Gasteiger charge is -2.34. The Morgan fingerprint density at radius 1 is 1.28 bits per heavy atom. The van der Waals surface area contributed by atoms with E-state index in [0.29, 0.717) is 25.2 Å². The minimum Gasteiger partial charge on any atom is -0.437 e. The first-order chi connectivity index (χ1) is 8.66. The van der Waals surface area contributed by atoms with Gasteiger partial charge in [-0.15, -0.1) is 0 Å². The molecule has 1 aliphatic heterocycles. The van der Waals surface area contributed by atoms with Gasteiger partial charge in [0, 0.05) is 19.0 Å². The molecule has 1 saturated carbocycles. The van der Waals surface area contributed by atoms with Gasteiger partial charge >= 0.3 is 7.05 Å². The van der Waals surface area contributed by atoms with Gasteiger partial charge < -0.3 is 19.9 Å². The Bertz CT molecular complexity index is 274.